The fourth-order valence-electron chi connectivity index (χ4n) is 5.76. The Hall–Kier alpha value is -3.13. The van der Waals surface area contributed by atoms with Crippen molar-refractivity contribution in [1.29, 1.82) is 0 Å². The molecular weight excluding hydrogens is 402 g/mol. The third-order valence-electron chi connectivity index (χ3n) is 7.36. The van der Waals surface area contributed by atoms with E-state index in [2.05, 4.69) is 90.9 Å². The molecule has 33 heavy (non-hydrogen) atoms. The second-order valence-electron chi connectivity index (χ2n) is 11.7. The van der Waals surface area contributed by atoms with Crippen LogP contribution < -0.4 is 0 Å². The van der Waals surface area contributed by atoms with Crippen molar-refractivity contribution < 1.29 is 4.42 Å². The Bertz CT molecular complexity index is 1610. The summed E-state index contributed by atoms with van der Waals surface area (Å²) < 4.78 is 6.69. The van der Waals surface area contributed by atoms with Crippen LogP contribution in [0.25, 0.3) is 44.0 Å². The molecule has 6 rings (SSSR count). The number of pyridine rings is 1. The lowest BCUT2D eigenvalue weighted by Gasteiger charge is -2.29. The van der Waals surface area contributed by atoms with E-state index in [1.165, 1.54) is 49.4 Å². The van der Waals surface area contributed by atoms with Crippen LogP contribution in [-0.4, -0.2) is 4.98 Å². The van der Waals surface area contributed by atoms with Crippen molar-refractivity contribution in [2.75, 3.05) is 0 Å². The smallest absolute Gasteiger partial charge is 0.142 e. The number of fused-ring (bicyclic) bond motifs is 3. The summed E-state index contributed by atoms with van der Waals surface area (Å²) in [6.45, 7) is 15.8. The second kappa shape index (κ2) is 6.47. The predicted molar refractivity (Wildman–Crippen MR) is 139 cm³/mol. The van der Waals surface area contributed by atoms with Crippen molar-refractivity contribution in [1.82, 2.24) is 4.98 Å². The van der Waals surface area contributed by atoms with Gasteiger partial charge in [-0.1, -0.05) is 70.5 Å². The van der Waals surface area contributed by atoms with Crippen LogP contribution in [0.1, 0.15) is 62.4 Å². The van der Waals surface area contributed by atoms with Crippen molar-refractivity contribution >= 4 is 32.7 Å². The van der Waals surface area contributed by atoms with Crippen LogP contribution in [0.15, 0.2) is 53.1 Å². The lowest BCUT2D eigenvalue weighted by molar-refractivity contribution is 0.410. The summed E-state index contributed by atoms with van der Waals surface area (Å²) in [5, 5.41) is 4.97. The number of nitrogens with zero attached hydrogens (tertiary/aromatic N) is 1. The molecule has 2 heteroatoms. The van der Waals surface area contributed by atoms with Gasteiger partial charge < -0.3 is 4.42 Å². The summed E-state index contributed by atoms with van der Waals surface area (Å²) in [6, 6.07) is 16.1. The number of hydrogen-bond donors (Lipinski definition) is 0. The van der Waals surface area contributed by atoms with Gasteiger partial charge >= 0.3 is 0 Å². The van der Waals surface area contributed by atoms with Crippen molar-refractivity contribution in [3.05, 3.63) is 76.5 Å². The van der Waals surface area contributed by atoms with Crippen molar-refractivity contribution in [3.8, 4) is 11.3 Å². The fourth-order valence-corrected chi connectivity index (χ4v) is 5.76. The van der Waals surface area contributed by atoms with Crippen molar-refractivity contribution in [2.24, 2.45) is 5.41 Å². The van der Waals surface area contributed by atoms with E-state index in [0.29, 0.717) is 0 Å². The fraction of sp³-hybridized carbons (Fsp3) is 0.323. The van der Waals surface area contributed by atoms with Crippen LogP contribution in [0.4, 0.5) is 0 Å². The van der Waals surface area contributed by atoms with Gasteiger partial charge in [0.25, 0.3) is 0 Å². The molecule has 0 radical (unpaired) electrons. The lowest BCUT2D eigenvalue weighted by Crippen LogP contribution is -2.20. The van der Waals surface area contributed by atoms with Gasteiger partial charge in [0, 0.05) is 28.1 Å². The first-order chi connectivity index (χ1) is 15.5. The normalized spacial score (nSPS) is 14.9. The minimum absolute atomic E-state index is 0.178. The Kier molecular flexibility index (Phi) is 4.01. The molecule has 0 unspecified atom stereocenters. The lowest BCUT2D eigenvalue weighted by atomic mass is 9.74. The van der Waals surface area contributed by atoms with E-state index in [9.17, 15) is 0 Å². The van der Waals surface area contributed by atoms with Crippen LogP contribution in [0.5, 0.6) is 0 Å². The first-order valence-corrected chi connectivity index (χ1v) is 11.9. The van der Waals surface area contributed by atoms with Gasteiger partial charge in [-0.25, -0.2) is 0 Å². The highest BCUT2D eigenvalue weighted by Crippen LogP contribution is 2.51. The van der Waals surface area contributed by atoms with Crippen molar-refractivity contribution in [2.45, 2.75) is 60.3 Å². The summed E-state index contributed by atoms with van der Waals surface area (Å²) in [5.74, 6) is 0. The van der Waals surface area contributed by atoms with Crippen molar-refractivity contribution in [3.63, 3.8) is 0 Å². The first kappa shape index (κ1) is 20.5. The minimum Gasteiger partial charge on any atom is -0.455 e. The minimum atomic E-state index is -0.183. The average Bonchev–Trinajstić information content (AvgIpc) is 3.11. The van der Waals surface area contributed by atoms with E-state index in [-0.39, 0.29) is 10.8 Å². The quantitative estimate of drug-likeness (QED) is 0.264. The largest absolute Gasteiger partial charge is 0.455 e. The van der Waals surface area contributed by atoms with Gasteiger partial charge in [-0.3, -0.25) is 4.98 Å². The van der Waals surface area contributed by atoms with Crippen LogP contribution >= 0.6 is 0 Å². The number of aromatic nitrogens is 1. The number of rotatable bonds is 1. The second-order valence-corrected chi connectivity index (χ2v) is 11.7. The molecule has 0 fully saturated rings. The summed E-state index contributed by atoms with van der Waals surface area (Å²) in [4.78, 5) is 5.03. The Morgan fingerprint density at radius 3 is 2.39 bits per heavy atom. The maximum absolute atomic E-state index is 6.69. The average molecular weight is 434 g/mol. The monoisotopic (exact) mass is 433 g/mol. The Labute approximate surface area is 195 Å². The van der Waals surface area contributed by atoms with Crippen LogP contribution in [0.2, 0.25) is 0 Å². The van der Waals surface area contributed by atoms with Gasteiger partial charge in [0.2, 0.25) is 0 Å². The molecule has 2 heterocycles. The maximum Gasteiger partial charge on any atom is 0.142 e. The molecule has 0 saturated heterocycles. The number of furan rings is 1. The highest BCUT2D eigenvalue weighted by atomic mass is 16.3. The van der Waals surface area contributed by atoms with Crippen LogP contribution in [-0.2, 0) is 11.8 Å². The predicted octanol–water partition coefficient (Wildman–Crippen LogP) is 8.65. The molecule has 0 atom stereocenters. The molecule has 0 amide bonds. The van der Waals surface area contributed by atoms with E-state index in [0.717, 1.165) is 28.8 Å². The molecule has 0 N–H and O–H groups in total. The highest BCUT2D eigenvalue weighted by Gasteiger charge is 2.36. The molecule has 166 valence electrons. The standard InChI is InChI=1S/C31H31NO/c1-17-8-9-19-13-22-24(14-21(19)12-17)31(6,7)23-11-10-20(15-30(3,4)5)29-25(23)26-27(22)32-16-18(2)28(26)33-29/h8-14,16H,15H2,1-7H3. The molecule has 0 spiro atoms. The first-order valence-electron chi connectivity index (χ1n) is 11.9. The summed E-state index contributed by atoms with van der Waals surface area (Å²) in [7, 11) is 0. The van der Waals surface area contributed by atoms with Gasteiger partial charge in [-0.2, -0.15) is 0 Å². The van der Waals surface area contributed by atoms with Crippen LogP contribution in [0, 0.1) is 19.3 Å². The molecule has 0 saturated carbocycles. The Morgan fingerprint density at radius 2 is 1.64 bits per heavy atom. The number of hydrogen-bond acceptors (Lipinski definition) is 2. The van der Waals surface area contributed by atoms with Crippen LogP contribution in [0.3, 0.4) is 0 Å². The molecule has 2 nitrogen and oxygen atoms in total. The zero-order chi connectivity index (χ0) is 23.3. The third kappa shape index (κ3) is 2.89. The Morgan fingerprint density at radius 1 is 0.848 bits per heavy atom. The molecule has 5 aromatic rings. The highest BCUT2D eigenvalue weighted by molar-refractivity contribution is 6.16. The van der Waals surface area contributed by atoms with E-state index in [1.54, 1.807) is 0 Å². The van der Waals surface area contributed by atoms with E-state index in [4.69, 9.17) is 9.40 Å². The number of aryl methyl sites for hydroxylation is 2. The molecular formula is C31H31NO. The summed E-state index contributed by atoms with van der Waals surface area (Å²) in [5.41, 5.74) is 10.6. The van der Waals surface area contributed by atoms with Gasteiger partial charge in [-0.05, 0) is 65.3 Å². The molecule has 3 aromatic carbocycles. The van der Waals surface area contributed by atoms with Gasteiger partial charge in [-0.15, -0.1) is 0 Å². The van der Waals surface area contributed by atoms with Gasteiger partial charge in [0.15, 0.2) is 0 Å². The molecule has 0 aliphatic heterocycles. The summed E-state index contributed by atoms with van der Waals surface area (Å²) in [6.07, 6.45) is 2.95. The SMILES string of the molecule is Cc1ccc2cc3c(cc2c1)C(C)(C)c1ccc(CC(C)(C)C)c2oc4c(C)cnc-3c4c12. The molecule has 0 bridgehead atoms. The topological polar surface area (TPSA) is 26.0 Å². The molecule has 1 aliphatic rings. The zero-order valence-corrected chi connectivity index (χ0v) is 20.7. The van der Waals surface area contributed by atoms with Gasteiger partial charge in [0.05, 0.1) is 11.1 Å². The summed E-state index contributed by atoms with van der Waals surface area (Å²) >= 11 is 0. The molecule has 2 aromatic heterocycles. The molecule has 1 aliphatic carbocycles. The van der Waals surface area contributed by atoms with E-state index >= 15 is 0 Å². The zero-order valence-electron chi connectivity index (χ0n) is 20.7. The third-order valence-corrected chi connectivity index (χ3v) is 7.36. The number of benzene rings is 3. The van der Waals surface area contributed by atoms with E-state index in [1.807, 2.05) is 6.20 Å². The Balaban J connectivity index is 1.81. The van der Waals surface area contributed by atoms with E-state index < -0.39 is 0 Å². The van der Waals surface area contributed by atoms with Gasteiger partial charge in [0.1, 0.15) is 11.2 Å². The maximum atomic E-state index is 6.69.